The predicted octanol–water partition coefficient (Wildman–Crippen LogP) is 1.87. The monoisotopic (exact) mass is 302 g/mol. The lowest BCUT2D eigenvalue weighted by Crippen LogP contribution is -2.20. The molecule has 0 aliphatic carbocycles. The quantitative estimate of drug-likeness (QED) is 0.854. The van der Waals surface area contributed by atoms with Crippen molar-refractivity contribution >= 4 is 17.5 Å². The molecular formula is C16H15FN2O3. The van der Waals surface area contributed by atoms with Crippen LogP contribution >= 0.6 is 0 Å². The molecule has 0 spiro atoms. The highest BCUT2D eigenvalue weighted by Crippen LogP contribution is 2.16. The second kappa shape index (κ2) is 7.21. The standard InChI is InChI=1S/C16H15FN2O3/c17-12-3-1-11(2-4-12)9-16(21)19-13-5-7-14(8-6-13)22-10-15(18)20/h1-8H,9-10H2,(H2,18,20)(H,19,21). The van der Waals surface area contributed by atoms with E-state index in [1.54, 1.807) is 36.4 Å². The Bertz CT molecular complexity index is 654. The molecule has 0 unspecified atom stereocenters. The molecule has 0 aliphatic heterocycles. The minimum Gasteiger partial charge on any atom is -0.484 e. The number of carbonyl (C=O) groups excluding carboxylic acids is 2. The number of carbonyl (C=O) groups is 2. The Morgan fingerprint density at radius 1 is 1.05 bits per heavy atom. The van der Waals surface area contributed by atoms with Crippen molar-refractivity contribution in [3.8, 4) is 5.75 Å². The van der Waals surface area contributed by atoms with Crippen LogP contribution in [0.15, 0.2) is 48.5 Å². The van der Waals surface area contributed by atoms with Crippen LogP contribution in [0.2, 0.25) is 0 Å². The van der Waals surface area contributed by atoms with Crippen molar-refractivity contribution < 1.29 is 18.7 Å². The van der Waals surface area contributed by atoms with Crippen LogP contribution < -0.4 is 15.8 Å². The zero-order chi connectivity index (χ0) is 15.9. The van der Waals surface area contributed by atoms with Gasteiger partial charge in [-0.1, -0.05) is 12.1 Å². The van der Waals surface area contributed by atoms with E-state index in [0.717, 1.165) is 5.56 Å². The van der Waals surface area contributed by atoms with E-state index in [1.165, 1.54) is 12.1 Å². The number of hydrogen-bond acceptors (Lipinski definition) is 3. The average Bonchev–Trinajstić information content (AvgIpc) is 2.49. The molecule has 0 heterocycles. The third kappa shape index (κ3) is 4.90. The number of rotatable bonds is 6. The van der Waals surface area contributed by atoms with Gasteiger partial charge in [0, 0.05) is 5.69 Å². The molecule has 114 valence electrons. The topological polar surface area (TPSA) is 81.4 Å². The summed E-state index contributed by atoms with van der Waals surface area (Å²) in [5.74, 6) is -0.625. The maximum atomic E-state index is 12.8. The fourth-order valence-electron chi connectivity index (χ4n) is 1.78. The largest absolute Gasteiger partial charge is 0.484 e. The van der Waals surface area contributed by atoms with Gasteiger partial charge in [-0.15, -0.1) is 0 Å². The van der Waals surface area contributed by atoms with Gasteiger partial charge in [0.2, 0.25) is 5.91 Å². The maximum absolute atomic E-state index is 12.8. The van der Waals surface area contributed by atoms with E-state index in [-0.39, 0.29) is 24.8 Å². The fourth-order valence-corrected chi connectivity index (χ4v) is 1.78. The first-order chi connectivity index (χ1) is 10.5. The van der Waals surface area contributed by atoms with Crippen LogP contribution in [0, 0.1) is 5.82 Å². The van der Waals surface area contributed by atoms with Crippen molar-refractivity contribution in [3.05, 3.63) is 59.9 Å². The van der Waals surface area contributed by atoms with E-state index in [0.29, 0.717) is 11.4 Å². The number of nitrogens with one attached hydrogen (secondary N) is 1. The number of nitrogens with two attached hydrogens (primary N) is 1. The van der Waals surface area contributed by atoms with Gasteiger partial charge < -0.3 is 15.8 Å². The molecule has 2 aromatic rings. The third-order valence-corrected chi connectivity index (χ3v) is 2.80. The first-order valence-electron chi connectivity index (χ1n) is 6.58. The van der Waals surface area contributed by atoms with Crippen LogP contribution in [-0.2, 0) is 16.0 Å². The third-order valence-electron chi connectivity index (χ3n) is 2.80. The van der Waals surface area contributed by atoms with Gasteiger partial charge in [-0.25, -0.2) is 4.39 Å². The van der Waals surface area contributed by atoms with Gasteiger partial charge in [0.1, 0.15) is 11.6 Å². The van der Waals surface area contributed by atoms with Gasteiger partial charge in [-0.3, -0.25) is 9.59 Å². The second-order valence-corrected chi connectivity index (χ2v) is 4.63. The lowest BCUT2D eigenvalue weighted by Gasteiger charge is -2.07. The zero-order valence-electron chi connectivity index (χ0n) is 11.7. The van der Waals surface area contributed by atoms with Crippen LogP contribution in [0.3, 0.4) is 0 Å². The van der Waals surface area contributed by atoms with E-state index in [9.17, 15) is 14.0 Å². The number of primary amides is 1. The van der Waals surface area contributed by atoms with Crippen LogP contribution in [0.25, 0.3) is 0 Å². The molecule has 2 rings (SSSR count). The Balaban J connectivity index is 1.88. The fraction of sp³-hybridized carbons (Fsp3) is 0.125. The lowest BCUT2D eigenvalue weighted by atomic mass is 10.1. The number of halogens is 1. The van der Waals surface area contributed by atoms with Crippen LogP contribution in [0.5, 0.6) is 5.75 Å². The van der Waals surface area contributed by atoms with Crippen LogP contribution in [0.4, 0.5) is 10.1 Å². The SMILES string of the molecule is NC(=O)COc1ccc(NC(=O)Cc2ccc(F)cc2)cc1. The van der Waals surface area contributed by atoms with Crippen molar-refractivity contribution in [2.24, 2.45) is 5.73 Å². The Morgan fingerprint density at radius 2 is 1.68 bits per heavy atom. The molecule has 5 nitrogen and oxygen atoms in total. The lowest BCUT2D eigenvalue weighted by molar-refractivity contribution is -0.120. The first-order valence-corrected chi connectivity index (χ1v) is 6.58. The number of ether oxygens (including phenoxy) is 1. The molecule has 0 bridgehead atoms. The molecule has 0 saturated heterocycles. The Labute approximate surface area is 126 Å². The summed E-state index contributed by atoms with van der Waals surface area (Å²) in [4.78, 5) is 22.5. The molecule has 0 atom stereocenters. The summed E-state index contributed by atoms with van der Waals surface area (Å²) < 4.78 is 17.9. The predicted molar refractivity (Wildman–Crippen MR) is 79.9 cm³/mol. The summed E-state index contributed by atoms with van der Waals surface area (Å²) >= 11 is 0. The smallest absolute Gasteiger partial charge is 0.255 e. The van der Waals surface area contributed by atoms with Crippen molar-refractivity contribution in [2.75, 3.05) is 11.9 Å². The van der Waals surface area contributed by atoms with Gasteiger partial charge in [0.05, 0.1) is 6.42 Å². The summed E-state index contributed by atoms with van der Waals surface area (Å²) in [5, 5.41) is 2.72. The molecule has 0 saturated carbocycles. The average molecular weight is 302 g/mol. The van der Waals surface area contributed by atoms with Gasteiger partial charge >= 0.3 is 0 Å². The molecule has 0 fully saturated rings. The highest BCUT2D eigenvalue weighted by molar-refractivity contribution is 5.92. The van der Waals surface area contributed by atoms with E-state index in [4.69, 9.17) is 10.5 Å². The molecule has 0 aliphatic rings. The molecule has 2 aromatic carbocycles. The van der Waals surface area contributed by atoms with E-state index in [1.807, 2.05) is 0 Å². The molecular weight excluding hydrogens is 287 g/mol. The minimum atomic E-state index is -0.559. The molecule has 3 N–H and O–H groups in total. The van der Waals surface area contributed by atoms with Crippen molar-refractivity contribution in [2.45, 2.75) is 6.42 Å². The van der Waals surface area contributed by atoms with E-state index < -0.39 is 5.91 Å². The molecule has 6 heteroatoms. The minimum absolute atomic E-state index is 0.153. The van der Waals surface area contributed by atoms with Crippen molar-refractivity contribution in [1.29, 1.82) is 0 Å². The Hall–Kier alpha value is -2.89. The number of amides is 2. The van der Waals surface area contributed by atoms with E-state index >= 15 is 0 Å². The van der Waals surface area contributed by atoms with Gasteiger partial charge in [0.25, 0.3) is 5.91 Å². The van der Waals surface area contributed by atoms with Crippen LogP contribution in [0.1, 0.15) is 5.56 Å². The highest BCUT2D eigenvalue weighted by Gasteiger charge is 2.05. The van der Waals surface area contributed by atoms with Gasteiger partial charge in [-0.2, -0.15) is 0 Å². The maximum Gasteiger partial charge on any atom is 0.255 e. The summed E-state index contributed by atoms with van der Waals surface area (Å²) in [5.41, 5.74) is 6.29. The first kappa shape index (κ1) is 15.5. The van der Waals surface area contributed by atoms with Gasteiger partial charge in [0.15, 0.2) is 6.61 Å². The van der Waals surface area contributed by atoms with Crippen LogP contribution in [-0.4, -0.2) is 18.4 Å². The molecule has 2 amide bonds. The number of benzene rings is 2. The van der Waals surface area contributed by atoms with Gasteiger partial charge in [-0.05, 0) is 42.0 Å². The van der Waals surface area contributed by atoms with E-state index in [2.05, 4.69) is 5.32 Å². The Kier molecular flexibility index (Phi) is 5.08. The summed E-state index contributed by atoms with van der Waals surface area (Å²) in [6, 6.07) is 12.3. The number of hydrogen-bond donors (Lipinski definition) is 2. The van der Waals surface area contributed by atoms with Crippen molar-refractivity contribution in [3.63, 3.8) is 0 Å². The normalized spacial score (nSPS) is 10.0. The zero-order valence-corrected chi connectivity index (χ0v) is 11.7. The molecule has 0 aromatic heterocycles. The van der Waals surface area contributed by atoms with Crippen molar-refractivity contribution in [1.82, 2.24) is 0 Å². The second-order valence-electron chi connectivity index (χ2n) is 4.63. The number of anilines is 1. The highest BCUT2D eigenvalue weighted by atomic mass is 19.1. The summed E-state index contributed by atoms with van der Waals surface area (Å²) in [6.45, 7) is -0.198. The summed E-state index contributed by atoms with van der Waals surface area (Å²) in [6.07, 6.45) is 0.153. The summed E-state index contributed by atoms with van der Waals surface area (Å²) in [7, 11) is 0. The molecule has 0 radical (unpaired) electrons. The molecule has 22 heavy (non-hydrogen) atoms. The Morgan fingerprint density at radius 3 is 2.27 bits per heavy atom.